The van der Waals surface area contributed by atoms with Crippen LogP contribution in [0.5, 0.6) is 0 Å². The normalized spacial score (nSPS) is 11.8. The summed E-state index contributed by atoms with van der Waals surface area (Å²) >= 11 is 0. The molecular formula is C16H17FO2S. The summed E-state index contributed by atoms with van der Waals surface area (Å²) in [7, 11) is -4.62. The van der Waals surface area contributed by atoms with Gasteiger partial charge in [-0.2, -0.15) is 8.42 Å². The molecule has 0 N–H and O–H groups in total. The fourth-order valence-corrected chi connectivity index (χ4v) is 2.58. The topological polar surface area (TPSA) is 34.1 Å². The zero-order valence-corrected chi connectivity index (χ0v) is 12.3. The fourth-order valence-electron chi connectivity index (χ4n) is 2.11. The Morgan fingerprint density at radius 3 is 1.75 bits per heavy atom. The van der Waals surface area contributed by atoms with Gasteiger partial charge in [0.05, 0.1) is 4.90 Å². The van der Waals surface area contributed by atoms with Gasteiger partial charge < -0.3 is 0 Å². The van der Waals surface area contributed by atoms with Crippen molar-refractivity contribution >= 4 is 10.2 Å². The molecule has 2 aromatic rings. The van der Waals surface area contributed by atoms with Gasteiger partial charge >= 0.3 is 10.2 Å². The van der Waals surface area contributed by atoms with Crippen LogP contribution in [0.3, 0.4) is 0 Å². The highest BCUT2D eigenvalue weighted by Crippen LogP contribution is 2.23. The minimum absolute atomic E-state index is 0.308. The zero-order valence-electron chi connectivity index (χ0n) is 11.5. The Labute approximate surface area is 119 Å². The Hall–Kier alpha value is -1.68. The zero-order chi connectivity index (χ0) is 14.8. The van der Waals surface area contributed by atoms with E-state index in [4.69, 9.17) is 0 Å². The minimum Gasteiger partial charge on any atom is -0.189 e. The summed E-state index contributed by atoms with van der Waals surface area (Å²) in [6.45, 7) is 4.34. The summed E-state index contributed by atoms with van der Waals surface area (Å²) in [6.07, 6.45) is 1.03. The average molecular weight is 292 g/mol. The molecule has 0 spiro atoms. The van der Waals surface area contributed by atoms with Crippen molar-refractivity contribution in [3.05, 3.63) is 54.1 Å². The van der Waals surface area contributed by atoms with E-state index in [0.29, 0.717) is 5.92 Å². The lowest BCUT2D eigenvalue weighted by Crippen LogP contribution is -1.93. The van der Waals surface area contributed by atoms with Gasteiger partial charge in [0.25, 0.3) is 0 Å². The summed E-state index contributed by atoms with van der Waals surface area (Å²) in [5.41, 5.74) is 3.13. The van der Waals surface area contributed by atoms with Crippen LogP contribution in [0.2, 0.25) is 0 Å². The lowest BCUT2D eigenvalue weighted by atomic mass is 9.99. The molecule has 2 nitrogen and oxygen atoms in total. The van der Waals surface area contributed by atoms with Crippen molar-refractivity contribution in [2.75, 3.05) is 0 Å². The molecule has 2 aromatic carbocycles. The van der Waals surface area contributed by atoms with E-state index in [9.17, 15) is 12.3 Å². The van der Waals surface area contributed by atoms with Crippen molar-refractivity contribution in [1.82, 2.24) is 0 Å². The van der Waals surface area contributed by atoms with Gasteiger partial charge in [0.15, 0.2) is 0 Å². The molecule has 20 heavy (non-hydrogen) atoms. The minimum atomic E-state index is -4.62. The first-order valence-electron chi connectivity index (χ1n) is 6.50. The van der Waals surface area contributed by atoms with Gasteiger partial charge in [0.1, 0.15) is 0 Å². The van der Waals surface area contributed by atoms with Crippen molar-refractivity contribution in [1.29, 1.82) is 0 Å². The molecule has 0 saturated heterocycles. The van der Waals surface area contributed by atoms with Gasteiger partial charge in [0.2, 0.25) is 0 Å². The molecule has 0 fully saturated rings. The quantitative estimate of drug-likeness (QED) is 0.791. The Balaban J connectivity index is 2.24. The summed E-state index contributed by atoms with van der Waals surface area (Å²) < 4.78 is 34.3. The molecule has 0 heterocycles. The third-order valence-corrected chi connectivity index (χ3v) is 3.90. The first-order chi connectivity index (χ1) is 9.36. The molecule has 0 aliphatic heterocycles. The number of halogens is 1. The first-order valence-corrected chi connectivity index (χ1v) is 7.88. The maximum absolute atomic E-state index is 12.8. The molecule has 4 heteroatoms. The van der Waals surface area contributed by atoms with E-state index in [2.05, 4.69) is 26.0 Å². The highest BCUT2D eigenvalue weighted by Gasteiger charge is 2.11. The maximum atomic E-state index is 12.8. The van der Waals surface area contributed by atoms with Crippen LogP contribution in [0.1, 0.15) is 19.4 Å². The Kier molecular flexibility index (Phi) is 4.23. The molecule has 0 aliphatic carbocycles. The van der Waals surface area contributed by atoms with Crippen LogP contribution >= 0.6 is 0 Å². The molecule has 0 saturated carbocycles. The summed E-state index contributed by atoms with van der Waals surface area (Å²) in [5, 5.41) is 0. The molecule has 0 aromatic heterocycles. The van der Waals surface area contributed by atoms with Gasteiger partial charge in [-0.05, 0) is 41.2 Å². The number of rotatable bonds is 4. The van der Waals surface area contributed by atoms with E-state index < -0.39 is 10.2 Å². The Bertz CT molecular complexity index is 671. The van der Waals surface area contributed by atoms with Crippen LogP contribution in [-0.2, 0) is 16.6 Å². The molecule has 106 valence electrons. The van der Waals surface area contributed by atoms with Crippen LogP contribution in [0, 0.1) is 5.92 Å². The Morgan fingerprint density at radius 2 is 1.35 bits per heavy atom. The molecule has 2 rings (SSSR count). The monoisotopic (exact) mass is 292 g/mol. The molecule has 0 unspecified atom stereocenters. The van der Waals surface area contributed by atoms with E-state index in [1.807, 2.05) is 12.1 Å². The van der Waals surface area contributed by atoms with Crippen molar-refractivity contribution in [2.24, 2.45) is 5.92 Å². The summed E-state index contributed by atoms with van der Waals surface area (Å²) in [6, 6.07) is 13.9. The lowest BCUT2D eigenvalue weighted by Gasteiger charge is -2.07. The van der Waals surface area contributed by atoms with Crippen LogP contribution in [-0.4, -0.2) is 8.42 Å². The number of hydrogen-bond acceptors (Lipinski definition) is 2. The number of hydrogen-bond donors (Lipinski definition) is 0. The SMILES string of the molecule is CC(C)Cc1ccc(-c2ccc(S(=O)(=O)F)cc2)cc1. The van der Waals surface area contributed by atoms with E-state index in [-0.39, 0.29) is 4.90 Å². The third-order valence-electron chi connectivity index (χ3n) is 3.07. The van der Waals surface area contributed by atoms with Gasteiger partial charge in [0, 0.05) is 0 Å². The maximum Gasteiger partial charge on any atom is 0.332 e. The molecule has 0 radical (unpaired) electrons. The third kappa shape index (κ3) is 3.67. The smallest absolute Gasteiger partial charge is 0.189 e. The molecule has 0 atom stereocenters. The first kappa shape index (κ1) is 14.7. The van der Waals surface area contributed by atoms with Gasteiger partial charge in [-0.1, -0.05) is 50.2 Å². The predicted molar refractivity (Wildman–Crippen MR) is 78.7 cm³/mol. The standard InChI is InChI=1S/C16H17FO2S/c1-12(2)11-13-3-5-14(6-4-13)15-7-9-16(10-8-15)20(17,18)19/h3-10,12H,11H2,1-2H3. The van der Waals surface area contributed by atoms with Crippen LogP contribution in [0.15, 0.2) is 53.4 Å². The van der Waals surface area contributed by atoms with Gasteiger partial charge in [-0.25, -0.2) is 0 Å². The highest BCUT2D eigenvalue weighted by atomic mass is 32.3. The Morgan fingerprint density at radius 1 is 0.900 bits per heavy atom. The van der Waals surface area contributed by atoms with E-state index in [0.717, 1.165) is 17.5 Å². The number of benzene rings is 2. The second kappa shape index (κ2) is 5.75. The second-order valence-electron chi connectivity index (χ2n) is 5.26. The lowest BCUT2D eigenvalue weighted by molar-refractivity contribution is 0.552. The molecule has 0 bridgehead atoms. The van der Waals surface area contributed by atoms with Crippen molar-refractivity contribution in [3.63, 3.8) is 0 Å². The molecule has 0 amide bonds. The van der Waals surface area contributed by atoms with Gasteiger partial charge in [-0.15, -0.1) is 3.89 Å². The van der Waals surface area contributed by atoms with E-state index >= 15 is 0 Å². The summed E-state index contributed by atoms with van der Waals surface area (Å²) in [4.78, 5) is -0.308. The summed E-state index contributed by atoms with van der Waals surface area (Å²) in [5.74, 6) is 0.606. The van der Waals surface area contributed by atoms with Gasteiger partial charge in [-0.3, -0.25) is 0 Å². The van der Waals surface area contributed by atoms with Crippen LogP contribution < -0.4 is 0 Å². The molecular weight excluding hydrogens is 275 g/mol. The highest BCUT2D eigenvalue weighted by molar-refractivity contribution is 7.86. The fraction of sp³-hybridized carbons (Fsp3) is 0.250. The van der Waals surface area contributed by atoms with Crippen LogP contribution in [0.4, 0.5) is 3.89 Å². The van der Waals surface area contributed by atoms with E-state index in [1.54, 1.807) is 12.1 Å². The predicted octanol–water partition coefficient (Wildman–Crippen LogP) is 4.21. The largest absolute Gasteiger partial charge is 0.332 e. The van der Waals surface area contributed by atoms with Crippen LogP contribution in [0.25, 0.3) is 11.1 Å². The second-order valence-corrected chi connectivity index (χ2v) is 6.60. The molecule has 0 aliphatic rings. The van der Waals surface area contributed by atoms with Crippen molar-refractivity contribution < 1.29 is 12.3 Å². The average Bonchev–Trinajstić information content (AvgIpc) is 2.38. The van der Waals surface area contributed by atoms with Crippen molar-refractivity contribution in [3.8, 4) is 11.1 Å². The van der Waals surface area contributed by atoms with E-state index in [1.165, 1.54) is 17.7 Å². The van der Waals surface area contributed by atoms with Crippen molar-refractivity contribution in [2.45, 2.75) is 25.2 Å².